The van der Waals surface area contributed by atoms with Gasteiger partial charge in [0, 0.05) is 5.39 Å². The largest absolute Gasteiger partial charge is 0.244 e. The molecule has 0 aliphatic heterocycles. The highest BCUT2D eigenvalue weighted by Crippen LogP contribution is 2.28. The van der Waals surface area contributed by atoms with Gasteiger partial charge in [-0.15, -0.1) is 0 Å². The number of fused-ring (bicyclic) bond motifs is 1. The molecule has 0 aliphatic rings. The maximum Gasteiger partial charge on any atom is 0.137 e. The van der Waals surface area contributed by atoms with Gasteiger partial charge < -0.3 is 0 Å². The second-order valence-electron chi connectivity index (χ2n) is 3.62. The number of benzene rings is 1. The molecule has 1 unspecified atom stereocenters. The van der Waals surface area contributed by atoms with Crippen molar-refractivity contribution < 1.29 is 0 Å². The third kappa shape index (κ3) is 1.40. The first-order valence-corrected chi connectivity index (χ1v) is 5.82. The molecule has 80 valence electrons. The SMILES string of the molecule is CC(c1nsc2ccccc12)n1cncn1. The smallest absolute Gasteiger partial charge is 0.137 e. The number of rotatable bonds is 2. The van der Waals surface area contributed by atoms with Crippen LogP contribution in [0.4, 0.5) is 0 Å². The molecule has 3 rings (SSSR count). The minimum absolute atomic E-state index is 0.124. The lowest BCUT2D eigenvalue weighted by atomic mass is 10.1. The van der Waals surface area contributed by atoms with Gasteiger partial charge in [-0.1, -0.05) is 18.2 Å². The molecule has 0 bridgehead atoms. The molecule has 16 heavy (non-hydrogen) atoms. The highest BCUT2D eigenvalue weighted by atomic mass is 32.1. The summed E-state index contributed by atoms with van der Waals surface area (Å²) < 4.78 is 7.54. The van der Waals surface area contributed by atoms with Gasteiger partial charge in [0.15, 0.2) is 0 Å². The van der Waals surface area contributed by atoms with Crippen molar-refractivity contribution in [1.82, 2.24) is 19.1 Å². The summed E-state index contributed by atoms with van der Waals surface area (Å²) in [4.78, 5) is 3.96. The van der Waals surface area contributed by atoms with Crippen LogP contribution in [-0.4, -0.2) is 19.1 Å². The predicted octanol–water partition coefficient (Wildman–Crippen LogP) is 2.50. The summed E-state index contributed by atoms with van der Waals surface area (Å²) in [6.07, 6.45) is 3.27. The van der Waals surface area contributed by atoms with Crippen LogP contribution >= 0.6 is 11.5 Å². The summed E-state index contributed by atoms with van der Waals surface area (Å²) in [5, 5.41) is 5.35. The van der Waals surface area contributed by atoms with Crippen molar-refractivity contribution >= 4 is 21.6 Å². The van der Waals surface area contributed by atoms with E-state index in [1.165, 1.54) is 21.6 Å². The first-order valence-electron chi connectivity index (χ1n) is 5.04. The molecule has 0 saturated carbocycles. The van der Waals surface area contributed by atoms with Crippen molar-refractivity contribution in [1.29, 1.82) is 0 Å². The molecular formula is C11H10N4S. The zero-order valence-corrected chi connectivity index (χ0v) is 9.56. The average molecular weight is 230 g/mol. The molecule has 2 aromatic heterocycles. The standard InChI is InChI=1S/C11H10N4S/c1-8(15-7-12-6-13-15)11-9-4-2-3-5-10(9)16-14-11/h2-8H,1H3. The first-order chi connectivity index (χ1) is 7.86. The van der Waals surface area contributed by atoms with Crippen LogP contribution in [0.3, 0.4) is 0 Å². The molecular weight excluding hydrogens is 220 g/mol. The fourth-order valence-corrected chi connectivity index (χ4v) is 2.61. The third-order valence-electron chi connectivity index (χ3n) is 2.63. The van der Waals surface area contributed by atoms with Crippen LogP contribution in [-0.2, 0) is 0 Å². The monoisotopic (exact) mass is 230 g/mol. The van der Waals surface area contributed by atoms with E-state index in [2.05, 4.69) is 33.5 Å². The van der Waals surface area contributed by atoms with Crippen molar-refractivity contribution in [2.45, 2.75) is 13.0 Å². The lowest BCUT2D eigenvalue weighted by molar-refractivity contribution is 0.557. The minimum atomic E-state index is 0.124. The van der Waals surface area contributed by atoms with Gasteiger partial charge in [0.25, 0.3) is 0 Å². The highest BCUT2D eigenvalue weighted by molar-refractivity contribution is 7.13. The predicted molar refractivity (Wildman–Crippen MR) is 63.5 cm³/mol. The Morgan fingerprint density at radius 1 is 1.31 bits per heavy atom. The van der Waals surface area contributed by atoms with E-state index >= 15 is 0 Å². The maximum absolute atomic E-state index is 4.50. The summed E-state index contributed by atoms with van der Waals surface area (Å²) in [5.74, 6) is 0. The third-order valence-corrected chi connectivity index (χ3v) is 3.48. The normalized spacial score (nSPS) is 13.1. The highest BCUT2D eigenvalue weighted by Gasteiger charge is 2.14. The Hall–Kier alpha value is -1.75. The Morgan fingerprint density at radius 3 is 3.00 bits per heavy atom. The molecule has 3 aromatic rings. The molecule has 0 fully saturated rings. The summed E-state index contributed by atoms with van der Waals surface area (Å²) in [6.45, 7) is 2.08. The van der Waals surface area contributed by atoms with E-state index in [9.17, 15) is 0 Å². The second-order valence-corrected chi connectivity index (χ2v) is 4.42. The Balaban J connectivity index is 2.12. The van der Waals surface area contributed by atoms with E-state index < -0.39 is 0 Å². The van der Waals surface area contributed by atoms with Crippen LogP contribution in [0.15, 0.2) is 36.9 Å². The van der Waals surface area contributed by atoms with E-state index in [1.54, 1.807) is 12.7 Å². The molecule has 1 aromatic carbocycles. The summed E-state index contributed by atoms with van der Waals surface area (Å²) in [7, 11) is 0. The number of hydrogen-bond acceptors (Lipinski definition) is 4. The van der Waals surface area contributed by atoms with Crippen LogP contribution in [0.1, 0.15) is 18.7 Å². The molecule has 0 radical (unpaired) electrons. The van der Waals surface area contributed by atoms with E-state index in [0.29, 0.717) is 0 Å². The summed E-state index contributed by atoms with van der Waals surface area (Å²) in [6, 6.07) is 8.38. The summed E-state index contributed by atoms with van der Waals surface area (Å²) in [5.41, 5.74) is 1.06. The molecule has 5 heteroatoms. The van der Waals surface area contributed by atoms with E-state index in [4.69, 9.17) is 0 Å². The van der Waals surface area contributed by atoms with Gasteiger partial charge >= 0.3 is 0 Å². The fourth-order valence-electron chi connectivity index (χ4n) is 1.75. The van der Waals surface area contributed by atoms with E-state index in [1.807, 2.05) is 16.8 Å². The molecule has 2 heterocycles. The van der Waals surface area contributed by atoms with Crippen LogP contribution in [0.2, 0.25) is 0 Å². The minimum Gasteiger partial charge on any atom is -0.244 e. The lowest BCUT2D eigenvalue weighted by Crippen LogP contribution is -2.07. The first kappa shape index (κ1) is 9.47. The van der Waals surface area contributed by atoms with Crippen LogP contribution < -0.4 is 0 Å². The van der Waals surface area contributed by atoms with Gasteiger partial charge in [0.05, 0.1) is 16.4 Å². The zero-order valence-electron chi connectivity index (χ0n) is 8.74. The molecule has 0 N–H and O–H groups in total. The van der Waals surface area contributed by atoms with Crippen LogP contribution in [0, 0.1) is 0 Å². The van der Waals surface area contributed by atoms with Gasteiger partial charge in [0.2, 0.25) is 0 Å². The molecule has 0 amide bonds. The fraction of sp³-hybridized carbons (Fsp3) is 0.182. The molecule has 0 spiro atoms. The molecule has 4 nitrogen and oxygen atoms in total. The maximum atomic E-state index is 4.50. The van der Waals surface area contributed by atoms with E-state index in [-0.39, 0.29) is 6.04 Å². The Kier molecular flexibility index (Phi) is 2.18. The Morgan fingerprint density at radius 2 is 2.19 bits per heavy atom. The number of hydrogen-bond donors (Lipinski definition) is 0. The van der Waals surface area contributed by atoms with Crippen LogP contribution in [0.5, 0.6) is 0 Å². The van der Waals surface area contributed by atoms with E-state index in [0.717, 1.165) is 5.69 Å². The van der Waals surface area contributed by atoms with Crippen molar-refractivity contribution in [3.05, 3.63) is 42.6 Å². The quantitative estimate of drug-likeness (QED) is 0.679. The zero-order chi connectivity index (χ0) is 11.0. The van der Waals surface area contributed by atoms with Gasteiger partial charge in [0.1, 0.15) is 12.7 Å². The van der Waals surface area contributed by atoms with Crippen molar-refractivity contribution in [3.8, 4) is 0 Å². The Labute approximate surface area is 96.7 Å². The van der Waals surface area contributed by atoms with Gasteiger partial charge in [-0.25, -0.2) is 9.67 Å². The molecule has 0 aliphatic carbocycles. The van der Waals surface area contributed by atoms with Crippen molar-refractivity contribution in [2.24, 2.45) is 0 Å². The summed E-state index contributed by atoms with van der Waals surface area (Å²) >= 11 is 1.53. The number of nitrogens with zero attached hydrogens (tertiary/aromatic N) is 4. The van der Waals surface area contributed by atoms with Gasteiger partial charge in [-0.3, -0.25) is 0 Å². The second kappa shape index (κ2) is 3.68. The topological polar surface area (TPSA) is 43.6 Å². The van der Waals surface area contributed by atoms with Crippen molar-refractivity contribution in [3.63, 3.8) is 0 Å². The average Bonchev–Trinajstić information content (AvgIpc) is 2.98. The molecule has 1 atom stereocenters. The van der Waals surface area contributed by atoms with Gasteiger partial charge in [-0.05, 0) is 24.5 Å². The van der Waals surface area contributed by atoms with Gasteiger partial charge in [-0.2, -0.15) is 9.47 Å². The van der Waals surface area contributed by atoms with Crippen molar-refractivity contribution in [2.75, 3.05) is 0 Å². The number of aromatic nitrogens is 4. The Bertz CT molecular complexity index is 599. The molecule has 0 saturated heterocycles. The lowest BCUT2D eigenvalue weighted by Gasteiger charge is -2.08. The van der Waals surface area contributed by atoms with Crippen LogP contribution in [0.25, 0.3) is 10.1 Å².